The lowest BCUT2D eigenvalue weighted by atomic mass is 10.0. The Labute approximate surface area is 178 Å². The lowest BCUT2D eigenvalue weighted by Gasteiger charge is -2.24. The summed E-state index contributed by atoms with van der Waals surface area (Å²) in [6.45, 7) is 0. The molecule has 0 N–H and O–H groups in total. The zero-order chi connectivity index (χ0) is 20.4. The molecule has 1 aliphatic heterocycles. The summed E-state index contributed by atoms with van der Waals surface area (Å²) in [6, 6.07) is 35.6. The van der Waals surface area contributed by atoms with Gasteiger partial charge in [-0.1, -0.05) is 109 Å². The Morgan fingerprint density at radius 2 is 1.17 bits per heavy atom. The fourth-order valence-corrected chi connectivity index (χ4v) is 8.51. The van der Waals surface area contributed by atoms with Crippen molar-refractivity contribution in [3.63, 3.8) is 0 Å². The second-order valence-corrected chi connectivity index (χ2v) is 11.1. The molecule has 0 amide bonds. The summed E-state index contributed by atoms with van der Waals surface area (Å²) >= 11 is 0. The standard InChI is InChI=1S/C28H25OP/c29-30(21-20-23-16-9-15-22-10-7-8-17-26(22)23)27(24-11-3-1-4-12-24)18-19-28(30)25-13-5-2-6-14-25/h1-17,20-21,27-28H,18-19H2/b21-20+/t27-,28-/m1/s1. The first-order valence-electron chi connectivity index (χ1n) is 10.6. The molecule has 1 fully saturated rings. The highest BCUT2D eigenvalue weighted by molar-refractivity contribution is 7.68. The predicted molar refractivity (Wildman–Crippen MR) is 128 cm³/mol. The van der Waals surface area contributed by atoms with E-state index in [4.69, 9.17) is 0 Å². The fraction of sp³-hybridized carbons (Fsp3) is 0.143. The lowest BCUT2D eigenvalue weighted by molar-refractivity contribution is 0.573. The third-order valence-corrected chi connectivity index (χ3v) is 10.0. The Balaban J connectivity index is 1.61. The molecule has 0 radical (unpaired) electrons. The van der Waals surface area contributed by atoms with Crippen LogP contribution in [0.4, 0.5) is 0 Å². The molecule has 0 aromatic heterocycles. The van der Waals surface area contributed by atoms with Gasteiger partial charge in [0.15, 0.2) is 0 Å². The minimum absolute atomic E-state index is 0.0788. The third-order valence-electron chi connectivity index (χ3n) is 6.37. The van der Waals surface area contributed by atoms with E-state index >= 15 is 0 Å². The maximum absolute atomic E-state index is 14.7. The molecule has 1 saturated heterocycles. The molecule has 1 aliphatic rings. The van der Waals surface area contributed by atoms with E-state index in [0.717, 1.165) is 18.4 Å². The van der Waals surface area contributed by atoms with Gasteiger partial charge in [-0.2, -0.15) is 0 Å². The second-order valence-electron chi connectivity index (χ2n) is 8.08. The largest absolute Gasteiger partial charge is 0.318 e. The van der Waals surface area contributed by atoms with Crippen LogP contribution in [0.5, 0.6) is 0 Å². The highest BCUT2D eigenvalue weighted by Crippen LogP contribution is 2.77. The maximum atomic E-state index is 14.7. The maximum Gasteiger partial charge on any atom is 0.123 e. The minimum atomic E-state index is -2.66. The summed E-state index contributed by atoms with van der Waals surface area (Å²) in [4.78, 5) is 0. The quantitative estimate of drug-likeness (QED) is 0.310. The molecule has 4 aromatic carbocycles. The Bertz CT molecular complexity index is 1170. The van der Waals surface area contributed by atoms with Crippen molar-refractivity contribution >= 4 is 24.0 Å². The molecule has 5 rings (SSSR count). The van der Waals surface area contributed by atoms with Crippen LogP contribution in [0.3, 0.4) is 0 Å². The molecule has 30 heavy (non-hydrogen) atoms. The fourth-order valence-electron chi connectivity index (χ4n) is 4.89. The van der Waals surface area contributed by atoms with Crippen LogP contribution in [0.25, 0.3) is 16.8 Å². The Hall–Kier alpha value is -2.89. The van der Waals surface area contributed by atoms with Gasteiger partial charge in [0.05, 0.1) is 0 Å². The SMILES string of the molecule is O=P1(/C=C/c2cccc3ccccc23)[C@@H](c2ccccc2)CC[C@@H]1c1ccccc1. The molecule has 148 valence electrons. The summed E-state index contributed by atoms with van der Waals surface area (Å²) in [5.41, 5.74) is 3.68. The van der Waals surface area contributed by atoms with Gasteiger partial charge in [0.1, 0.15) is 7.14 Å². The van der Waals surface area contributed by atoms with Gasteiger partial charge >= 0.3 is 0 Å². The summed E-state index contributed by atoms with van der Waals surface area (Å²) in [5, 5.41) is 2.41. The zero-order valence-corrected chi connectivity index (χ0v) is 17.8. The monoisotopic (exact) mass is 408 g/mol. The average molecular weight is 408 g/mol. The number of fused-ring (bicyclic) bond motifs is 1. The third kappa shape index (κ3) is 3.44. The molecule has 0 aliphatic carbocycles. The van der Waals surface area contributed by atoms with Gasteiger partial charge in [-0.3, -0.25) is 0 Å². The highest BCUT2D eigenvalue weighted by atomic mass is 31.2. The van der Waals surface area contributed by atoms with Crippen LogP contribution in [0, 0.1) is 0 Å². The van der Waals surface area contributed by atoms with E-state index in [2.05, 4.69) is 103 Å². The zero-order valence-electron chi connectivity index (χ0n) is 16.9. The molecular formula is C28H25OP. The number of hydrogen-bond acceptors (Lipinski definition) is 1. The van der Waals surface area contributed by atoms with E-state index in [1.807, 2.05) is 12.1 Å². The van der Waals surface area contributed by atoms with Crippen molar-refractivity contribution in [2.75, 3.05) is 0 Å². The smallest absolute Gasteiger partial charge is 0.123 e. The molecule has 1 nitrogen and oxygen atoms in total. The summed E-state index contributed by atoms with van der Waals surface area (Å²) in [5.74, 6) is 2.07. The average Bonchev–Trinajstić information content (AvgIpc) is 3.16. The first-order valence-corrected chi connectivity index (χ1v) is 12.5. The van der Waals surface area contributed by atoms with Gasteiger partial charge in [0.25, 0.3) is 0 Å². The number of benzene rings is 4. The molecule has 2 atom stereocenters. The molecule has 4 aromatic rings. The van der Waals surface area contributed by atoms with Crippen LogP contribution < -0.4 is 0 Å². The molecular weight excluding hydrogens is 383 g/mol. The number of hydrogen-bond donors (Lipinski definition) is 0. The second kappa shape index (κ2) is 8.09. The highest BCUT2D eigenvalue weighted by Gasteiger charge is 2.45. The normalized spacial score (nSPS) is 20.7. The minimum Gasteiger partial charge on any atom is -0.318 e. The van der Waals surface area contributed by atoms with E-state index in [-0.39, 0.29) is 11.3 Å². The van der Waals surface area contributed by atoms with Crippen molar-refractivity contribution < 1.29 is 4.57 Å². The molecule has 0 bridgehead atoms. The van der Waals surface area contributed by atoms with Gasteiger partial charge in [0, 0.05) is 11.3 Å². The van der Waals surface area contributed by atoms with Crippen LogP contribution in [0.15, 0.2) is 109 Å². The van der Waals surface area contributed by atoms with Crippen LogP contribution in [-0.2, 0) is 4.57 Å². The van der Waals surface area contributed by atoms with Gasteiger partial charge < -0.3 is 4.57 Å². The topological polar surface area (TPSA) is 17.1 Å². The van der Waals surface area contributed by atoms with Gasteiger partial charge in [0.2, 0.25) is 0 Å². The van der Waals surface area contributed by atoms with Crippen LogP contribution in [0.1, 0.15) is 40.8 Å². The van der Waals surface area contributed by atoms with E-state index in [0.29, 0.717) is 0 Å². The van der Waals surface area contributed by atoms with Crippen molar-refractivity contribution in [1.29, 1.82) is 0 Å². The molecule has 1 heterocycles. The van der Waals surface area contributed by atoms with Crippen molar-refractivity contribution in [2.24, 2.45) is 0 Å². The van der Waals surface area contributed by atoms with Gasteiger partial charge in [-0.15, -0.1) is 0 Å². The van der Waals surface area contributed by atoms with E-state index < -0.39 is 7.14 Å². The first-order chi connectivity index (χ1) is 14.8. The van der Waals surface area contributed by atoms with E-state index in [1.165, 1.54) is 21.9 Å². The first kappa shape index (κ1) is 19.1. The molecule has 0 spiro atoms. The Kier molecular flexibility index (Phi) is 5.15. The lowest BCUT2D eigenvalue weighted by Crippen LogP contribution is -1.97. The van der Waals surface area contributed by atoms with Crippen LogP contribution >= 0.6 is 7.14 Å². The molecule has 0 unspecified atom stereocenters. The van der Waals surface area contributed by atoms with Crippen molar-refractivity contribution in [2.45, 2.75) is 24.2 Å². The van der Waals surface area contributed by atoms with Crippen molar-refractivity contribution in [3.05, 3.63) is 126 Å². The van der Waals surface area contributed by atoms with E-state index in [9.17, 15) is 4.57 Å². The van der Waals surface area contributed by atoms with E-state index in [1.54, 1.807) is 0 Å². The van der Waals surface area contributed by atoms with Crippen molar-refractivity contribution in [3.8, 4) is 0 Å². The van der Waals surface area contributed by atoms with Gasteiger partial charge in [-0.25, -0.2) is 0 Å². The molecule has 0 saturated carbocycles. The van der Waals surface area contributed by atoms with Crippen molar-refractivity contribution in [1.82, 2.24) is 0 Å². The summed E-state index contributed by atoms with van der Waals surface area (Å²) < 4.78 is 14.7. The number of rotatable bonds is 4. The van der Waals surface area contributed by atoms with Crippen LogP contribution in [0.2, 0.25) is 0 Å². The summed E-state index contributed by atoms with van der Waals surface area (Å²) in [7, 11) is -2.66. The van der Waals surface area contributed by atoms with Gasteiger partial charge in [-0.05, 0) is 46.1 Å². The molecule has 2 heteroatoms. The Morgan fingerprint density at radius 1 is 0.633 bits per heavy atom. The Morgan fingerprint density at radius 3 is 1.80 bits per heavy atom. The van der Waals surface area contributed by atoms with Crippen LogP contribution in [-0.4, -0.2) is 0 Å². The predicted octanol–water partition coefficient (Wildman–Crippen LogP) is 8.45. The summed E-state index contributed by atoms with van der Waals surface area (Å²) in [6.07, 6.45) is 4.03.